The number of aromatic amines is 1. The second-order valence-electron chi connectivity index (χ2n) is 8.26. The molecule has 3 aromatic rings. The number of fused-ring (bicyclic) bond motifs is 1. The molecule has 1 saturated carbocycles. The predicted octanol–water partition coefficient (Wildman–Crippen LogP) is 4.59. The summed E-state index contributed by atoms with van der Waals surface area (Å²) in [6, 6.07) is 13.6. The fourth-order valence-electron chi connectivity index (χ4n) is 5.04. The number of carbonyl (C=O) groups is 1. The van der Waals surface area contributed by atoms with E-state index in [-0.39, 0.29) is 18.0 Å². The van der Waals surface area contributed by atoms with Crippen LogP contribution in [0.1, 0.15) is 53.3 Å². The van der Waals surface area contributed by atoms with E-state index in [0.29, 0.717) is 17.2 Å². The van der Waals surface area contributed by atoms with E-state index in [2.05, 4.69) is 10.2 Å². The molecule has 2 aromatic carbocycles. The molecule has 166 valence electrons. The summed E-state index contributed by atoms with van der Waals surface area (Å²) in [5.41, 5.74) is 4.20. The molecule has 1 N–H and O–H groups in total. The summed E-state index contributed by atoms with van der Waals surface area (Å²) in [5.74, 6) is 2.10. The smallest absolute Gasteiger partial charge is 0.273 e. The third kappa shape index (κ3) is 3.20. The van der Waals surface area contributed by atoms with Crippen molar-refractivity contribution in [2.75, 3.05) is 21.3 Å². The van der Waals surface area contributed by atoms with E-state index in [0.717, 1.165) is 53.8 Å². The van der Waals surface area contributed by atoms with Crippen molar-refractivity contribution in [2.24, 2.45) is 0 Å². The molecule has 1 aliphatic heterocycles. The Balaban J connectivity index is 1.66. The molecule has 0 spiro atoms. The van der Waals surface area contributed by atoms with Crippen molar-refractivity contribution in [3.05, 3.63) is 59.3 Å². The van der Waals surface area contributed by atoms with Crippen LogP contribution in [0.2, 0.25) is 0 Å². The normalized spacial score (nSPS) is 18.2. The highest BCUT2D eigenvalue weighted by atomic mass is 16.5. The van der Waals surface area contributed by atoms with Crippen molar-refractivity contribution in [2.45, 2.75) is 37.8 Å². The van der Waals surface area contributed by atoms with E-state index in [1.165, 1.54) is 0 Å². The van der Waals surface area contributed by atoms with Gasteiger partial charge in [-0.15, -0.1) is 0 Å². The maximum absolute atomic E-state index is 13.6. The highest BCUT2D eigenvalue weighted by molar-refractivity contribution is 6.00. The number of nitrogens with zero attached hydrogens (tertiary/aromatic N) is 2. The van der Waals surface area contributed by atoms with E-state index >= 15 is 0 Å². The van der Waals surface area contributed by atoms with Crippen LogP contribution in [-0.4, -0.2) is 48.4 Å². The molecule has 1 aliphatic carbocycles. The summed E-state index contributed by atoms with van der Waals surface area (Å²) in [4.78, 5) is 15.6. The number of hydrogen-bond donors (Lipinski definition) is 1. The Morgan fingerprint density at radius 1 is 0.938 bits per heavy atom. The van der Waals surface area contributed by atoms with Crippen molar-refractivity contribution in [3.8, 4) is 28.5 Å². The van der Waals surface area contributed by atoms with Crippen molar-refractivity contribution in [3.63, 3.8) is 0 Å². The quantitative estimate of drug-likeness (QED) is 0.615. The maximum Gasteiger partial charge on any atom is 0.273 e. The predicted molar refractivity (Wildman–Crippen MR) is 120 cm³/mol. The molecule has 5 rings (SSSR count). The van der Waals surface area contributed by atoms with E-state index in [9.17, 15) is 4.79 Å². The van der Waals surface area contributed by atoms with Gasteiger partial charge in [-0.3, -0.25) is 9.89 Å². The van der Waals surface area contributed by atoms with Gasteiger partial charge in [-0.2, -0.15) is 5.10 Å². The number of ether oxygens (including phenoxy) is 3. The number of H-pyrrole nitrogens is 1. The lowest BCUT2D eigenvalue weighted by atomic mass is 9.95. The average Bonchev–Trinajstić information content (AvgIpc) is 3.56. The van der Waals surface area contributed by atoms with E-state index in [1.807, 2.05) is 47.4 Å². The van der Waals surface area contributed by atoms with Crippen LogP contribution in [0.5, 0.6) is 17.2 Å². The van der Waals surface area contributed by atoms with Gasteiger partial charge in [-0.05, 0) is 54.8 Å². The highest BCUT2D eigenvalue weighted by Crippen LogP contribution is 2.47. The first-order valence-corrected chi connectivity index (χ1v) is 10.9. The Morgan fingerprint density at radius 2 is 1.66 bits per heavy atom. The van der Waals surface area contributed by atoms with Crippen LogP contribution in [-0.2, 0) is 0 Å². The molecule has 2 aliphatic rings. The molecule has 7 heteroatoms. The lowest BCUT2D eigenvalue weighted by molar-refractivity contribution is 0.0660. The topological polar surface area (TPSA) is 76.7 Å². The van der Waals surface area contributed by atoms with Gasteiger partial charge in [-0.1, -0.05) is 18.9 Å². The van der Waals surface area contributed by atoms with Crippen LogP contribution in [0.3, 0.4) is 0 Å². The van der Waals surface area contributed by atoms with Gasteiger partial charge in [0, 0.05) is 17.2 Å². The molecule has 7 nitrogen and oxygen atoms in total. The molecule has 1 aromatic heterocycles. The molecular formula is C25H27N3O4. The molecule has 1 unspecified atom stereocenters. The molecule has 1 atom stereocenters. The minimum absolute atomic E-state index is 0.0129. The summed E-state index contributed by atoms with van der Waals surface area (Å²) in [7, 11) is 4.89. The van der Waals surface area contributed by atoms with Crippen molar-refractivity contribution in [1.29, 1.82) is 0 Å². The standard InChI is InChI=1S/C25H27N3O4/c1-30-18-11-8-15(9-12-18)22-21-23(27-26-22)25(29)28(17-6-4-5-7-17)24(21)16-10-13-19(31-2)20(14-16)32-3/h8-14,17,24H,4-7H2,1-3H3,(H,26,27). The number of amides is 1. The summed E-state index contributed by atoms with van der Waals surface area (Å²) >= 11 is 0. The number of carbonyl (C=O) groups excluding carboxylic acids is 1. The highest BCUT2D eigenvalue weighted by Gasteiger charge is 2.45. The van der Waals surface area contributed by atoms with Crippen LogP contribution in [0.25, 0.3) is 11.3 Å². The number of hydrogen-bond acceptors (Lipinski definition) is 5. The second kappa shape index (κ2) is 8.22. The third-order valence-electron chi connectivity index (χ3n) is 6.61. The monoisotopic (exact) mass is 433 g/mol. The van der Waals surface area contributed by atoms with E-state index < -0.39 is 0 Å². The third-order valence-corrected chi connectivity index (χ3v) is 6.61. The average molecular weight is 434 g/mol. The van der Waals surface area contributed by atoms with Gasteiger partial charge in [0.2, 0.25) is 0 Å². The zero-order valence-corrected chi connectivity index (χ0v) is 18.6. The SMILES string of the molecule is COc1ccc(-c2n[nH]c3c2C(c2ccc(OC)c(OC)c2)N(C2CCCC2)C3=O)cc1. The molecular weight excluding hydrogens is 406 g/mol. The largest absolute Gasteiger partial charge is 0.497 e. The van der Waals surface area contributed by atoms with Gasteiger partial charge in [0.1, 0.15) is 11.4 Å². The molecule has 0 radical (unpaired) electrons. The summed E-state index contributed by atoms with van der Waals surface area (Å²) in [5, 5.41) is 7.60. The number of aromatic nitrogens is 2. The number of methoxy groups -OCH3 is 3. The summed E-state index contributed by atoms with van der Waals surface area (Å²) < 4.78 is 16.3. The first-order valence-electron chi connectivity index (χ1n) is 10.9. The van der Waals surface area contributed by atoms with Gasteiger partial charge >= 0.3 is 0 Å². The molecule has 0 bridgehead atoms. The molecule has 1 fully saturated rings. The number of benzene rings is 2. The Hall–Kier alpha value is -3.48. The Labute approximate surface area is 187 Å². The molecule has 2 heterocycles. The van der Waals surface area contributed by atoms with Crippen molar-refractivity contribution in [1.82, 2.24) is 15.1 Å². The minimum Gasteiger partial charge on any atom is -0.497 e. The zero-order valence-electron chi connectivity index (χ0n) is 18.6. The van der Waals surface area contributed by atoms with Crippen LogP contribution in [0.4, 0.5) is 0 Å². The van der Waals surface area contributed by atoms with Gasteiger partial charge in [0.15, 0.2) is 11.5 Å². The van der Waals surface area contributed by atoms with Crippen molar-refractivity contribution >= 4 is 5.91 Å². The van der Waals surface area contributed by atoms with Crippen LogP contribution in [0.15, 0.2) is 42.5 Å². The Kier molecular flexibility index (Phi) is 5.25. The van der Waals surface area contributed by atoms with Crippen molar-refractivity contribution < 1.29 is 19.0 Å². The lowest BCUT2D eigenvalue weighted by Crippen LogP contribution is -2.37. The van der Waals surface area contributed by atoms with Crippen LogP contribution in [0, 0.1) is 0 Å². The molecule has 0 saturated heterocycles. The fourth-order valence-corrected chi connectivity index (χ4v) is 5.04. The fraction of sp³-hybridized carbons (Fsp3) is 0.360. The molecule has 1 amide bonds. The molecule has 32 heavy (non-hydrogen) atoms. The van der Waals surface area contributed by atoms with Gasteiger partial charge < -0.3 is 19.1 Å². The van der Waals surface area contributed by atoms with Crippen LogP contribution < -0.4 is 14.2 Å². The lowest BCUT2D eigenvalue weighted by Gasteiger charge is -2.32. The van der Waals surface area contributed by atoms with Crippen LogP contribution >= 0.6 is 0 Å². The van der Waals surface area contributed by atoms with Gasteiger partial charge in [0.05, 0.1) is 33.1 Å². The maximum atomic E-state index is 13.6. The second-order valence-corrected chi connectivity index (χ2v) is 8.26. The Morgan fingerprint density at radius 3 is 2.31 bits per heavy atom. The minimum atomic E-state index is -0.240. The first-order chi connectivity index (χ1) is 15.7. The summed E-state index contributed by atoms with van der Waals surface area (Å²) in [6.45, 7) is 0. The van der Waals surface area contributed by atoms with E-state index in [1.54, 1.807) is 21.3 Å². The van der Waals surface area contributed by atoms with Gasteiger partial charge in [-0.25, -0.2) is 0 Å². The Bertz CT molecular complexity index is 1130. The number of rotatable bonds is 6. The first kappa shape index (κ1) is 20.4. The van der Waals surface area contributed by atoms with E-state index in [4.69, 9.17) is 14.2 Å². The zero-order chi connectivity index (χ0) is 22.2. The number of nitrogens with one attached hydrogen (secondary N) is 1. The summed E-state index contributed by atoms with van der Waals surface area (Å²) in [6.07, 6.45) is 4.32. The van der Waals surface area contributed by atoms with Gasteiger partial charge in [0.25, 0.3) is 5.91 Å².